The molecule has 1 fully saturated rings. The van der Waals surface area contributed by atoms with Crippen LogP contribution in [0.2, 0.25) is 0 Å². The van der Waals surface area contributed by atoms with Gasteiger partial charge in [0.25, 0.3) is 5.91 Å². The van der Waals surface area contributed by atoms with Gasteiger partial charge in [-0.15, -0.1) is 23.1 Å². The molecule has 1 aliphatic heterocycles. The number of benzene rings is 1. The van der Waals surface area contributed by atoms with E-state index in [2.05, 4.69) is 29.3 Å². The Balaban J connectivity index is 2.11. The Morgan fingerprint density at radius 3 is 2.59 bits per heavy atom. The van der Waals surface area contributed by atoms with Crippen LogP contribution in [-0.2, 0) is 0 Å². The van der Waals surface area contributed by atoms with Crippen molar-refractivity contribution in [3.63, 3.8) is 0 Å². The van der Waals surface area contributed by atoms with Gasteiger partial charge in [-0.3, -0.25) is 10.1 Å². The number of amides is 3. The standard InChI is InChI=1S/C19H24N4O2S2/c1-2-26-14-8-6-7-12(16(14)23-9-4-3-5-10-23)15-11-13(17(20)24)18(27-15)22-19(21)25/h6-8,11H,2-5,9-10H2,1H3,(H2,20,24)(H3,21,22,25). The third kappa shape index (κ3) is 4.39. The first-order valence-corrected chi connectivity index (χ1v) is 10.8. The van der Waals surface area contributed by atoms with Gasteiger partial charge in [0.1, 0.15) is 5.00 Å². The summed E-state index contributed by atoms with van der Waals surface area (Å²) in [6.07, 6.45) is 3.61. The van der Waals surface area contributed by atoms with Crippen molar-refractivity contribution < 1.29 is 9.59 Å². The number of nitrogens with one attached hydrogen (secondary N) is 1. The van der Waals surface area contributed by atoms with Crippen molar-refractivity contribution >= 4 is 45.7 Å². The quantitative estimate of drug-likeness (QED) is 0.631. The lowest BCUT2D eigenvalue weighted by Crippen LogP contribution is -2.30. The van der Waals surface area contributed by atoms with Crippen molar-refractivity contribution in [2.45, 2.75) is 31.1 Å². The molecule has 0 bridgehead atoms. The lowest BCUT2D eigenvalue weighted by molar-refractivity contribution is 0.100. The molecule has 0 atom stereocenters. The Labute approximate surface area is 167 Å². The zero-order valence-corrected chi connectivity index (χ0v) is 16.9. The van der Waals surface area contributed by atoms with Crippen LogP contribution in [0.15, 0.2) is 29.2 Å². The minimum Gasteiger partial charge on any atom is -0.370 e. The molecule has 0 radical (unpaired) electrons. The number of nitrogens with zero attached hydrogens (tertiary/aromatic N) is 1. The van der Waals surface area contributed by atoms with Crippen molar-refractivity contribution in [2.24, 2.45) is 11.5 Å². The summed E-state index contributed by atoms with van der Waals surface area (Å²) in [5, 5.41) is 2.91. The highest BCUT2D eigenvalue weighted by atomic mass is 32.2. The third-order valence-corrected chi connectivity index (χ3v) is 6.48. The summed E-state index contributed by atoms with van der Waals surface area (Å²) >= 11 is 3.14. The van der Waals surface area contributed by atoms with E-state index < -0.39 is 11.9 Å². The molecular weight excluding hydrogens is 380 g/mol. The normalized spacial score (nSPS) is 14.2. The zero-order valence-electron chi connectivity index (χ0n) is 15.3. The van der Waals surface area contributed by atoms with E-state index in [0.717, 1.165) is 29.3 Å². The molecule has 2 aromatic rings. The first-order valence-electron chi connectivity index (χ1n) is 9.02. The molecule has 3 rings (SSSR count). The summed E-state index contributed by atoms with van der Waals surface area (Å²) in [4.78, 5) is 27.7. The summed E-state index contributed by atoms with van der Waals surface area (Å²) in [5.74, 6) is 0.398. The van der Waals surface area contributed by atoms with E-state index in [0.29, 0.717) is 5.00 Å². The number of piperidine rings is 1. The molecule has 1 aromatic heterocycles. The molecule has 1 aromatic carbocycles. The van der Waals surface area contributed by atoms with Crippen LogP contribution in [0.4, 0.5) is 15.5 Å². The van der Waals surface area contributed by atoms with Gasteiger partial charge in [-0.25, -0.2) is 4.79 Å². The van der Waals surface area contributed by atoms with Crippen LogP contribution in [0.1, 0.15) is 36.5 Å². The van der Waals surface area contributed by atoms with Gasteiger partial charge < -0.3 is 16.4 Å². The highest BCUT2D eigenvalue weighted by Crippen LogP contribution is 2.44. The minimum atomic E-state index is -0.711. The second-order valence-electron chi connectivity index (χ2n) is 6.34. The molecule has 1 saturated heterocycles. The molecule has 6 nitrogen and oxygen atoms in total. The van der Waals surface area contributed by atoms with Crippen molar-refractivity contribution in [3.05, 3.63) is 29.8 Å². The second-order valence-corrected chi connectivity index (χ2v) is 8.70. The average Bonchev–Trinajstić information content (AvgIpc) is 3.06. The summed E-state index contributed by atoms with van der Waals surface area (Å²) < 4.78 is 0. The molecule has 2 heterocycles. The van der Waals surface area contributed by atoms with Crippen LogP contribution in [0.3, 0.4) is 0 Å². The molecule has 27 heavy (non-hydrogen) atoms. The molecule has 144 valence electrons. The fourth-order valence-electron chi connectivity index (χ4n) is 3.35. The van der Waals surface area contributed by atoms with Crippen LogP contribution >= 0.6 is 23.1 Å². The Morgan fingerprint density at radius 2 is 1.96 bits per heavy atom. The van der Waals surface area contributed by atoms with Gasteiger partial charge in [0.15, 0.2) is 0 Å². The van der Waals surface area contributed by atoms with Crippen molar-refractivity contribution in [1.29, 1.82) is 0 Å². The van der Waals surface area contributed by atoms with E-state index >= 15 is 0 Å². The SMILES string of the molecule is CCSc1cccc(-c2cc(C(N)=O)c(NC(N)=O)s2)c1N1CCCCC1. The molecule has 0 saturated carbocycles. The fraction of sp³-hybridized carbons (Fsp3) is 0.368. The number of thiophene rings is 1. The Hall–Kier alpha value is -2.19. The topological polar surface area (TPSA) is 101 Å². The first-order chi connectivity index (χ1) is 13.0. The van der Waals surface area contributed by atoms with Crippen molar-refractivity contribution in [3.8, 4) is 10.4 Å². The number of para-hydroxylation sites is 1. The van der Waals surface area contributed by atoms with Gasteiger partial charge in [-0.1, -0.05) is 19.1 Å². The van der Waals surface area contributed by atoms with Gasteiger partial charge >= 0.3 is 6.03 Å². The van der Waals surface area contributed by atoms with E-state index in [1.54, 1.807) is 6.07 Å². The zero-order chi connectivity index (χ0) is 19.4. The summed E-state index contributed by atoms with van der Waals surface area (Å²) in [5.41, 5.74) is 13.3. The summed E-state index contributed by atoms with van der Waals surface area (Å²) in [6, 6.07) is 7.28. The second kappa shape index (κ2) is 8.67. The van der Waals surface area contributed by atoms with E-state index in [9.17, 15) is 9.59 Å². The number of nitrogens with two attached hydrogens (primary N) is 2. The third-order valence-electron chi connectivity index (χ3n) is 4.47. The van der Waals surface area contributed by atoms with Gasteiger partial charge in [0.05, 0.1) is 11.3 Å². The predicted octanol–water partition coefficient (Wildman–Crippen LogP) is 4.11. The lowest BCUT2D eigenvalue weighted by atomic mass is 10.1. The number of thioether (sulfide) groups is 1. The Morgan fingerprint density at radius 1 is 1.22 bits per heavy atom. The fourth-order valence-corrected chi connectivity index (χ4v) is 5.30. The number of rotatable bonds is 6. The highest BCUT2D eigenvalue weighted by Gasteiger charge is 2.22. The first kappa shape index (κ1) is 19.6. The average molecular weight is 405 g/mol. The van der Waals surface area contributed by atoms with Crippen LogP contribution in [0.5, 0.6) is 0 Å². The number of hydrogen-bond acceptors (Lipinski definition) is 5. The molecule has 1 aliphatic rings. The molecule has 8 heteroatoms. The summed E-state index contributed by atoms with van der Waals surface area (Å²) in [7, 11) is 0. The molecule has 0 aliphatic carbocycles. The van der Waals surface area contributed by atoms with Gasteiger partial charge in [-0.05, 0) is 37.1 Å². The maximum Gasteiger partial charge on any atom is 0.317 e. The molecule has 0 spiro atoms. The molecule has 5 N–H and O–H groups in total. The molecule has 3 amide bonds. The van der Waals surface area contributed by atoms with Crippen molar-refractivity contribution in [1.82, 2.24) is 0 Å². The smallest absolute Gasteiger partial charge is 0.317 e. The number of carbonyl (C=O) groups is 2. The summed E-state index contributed by atoms with van der Waals surface area (Å²) in [6.45, 7) is 4.19. The maximum atomic E-state index is 11.8. The van der Waals surface area contributed by atoms with Gasteiger partial charge in [0, 0.05) is 28.4 Å². The number of hydrogen-bond donors (Lipinski definition) is 3. The largest absolute Gasteiger partial charge is 0.370 e. The predicted molar refractivity (Wildman–Crippen MR) is 114 cm³/mol. The lowest BCUT2D eigenvalue weighted by Gasteiger charge is -2.32. The number of urea groups is 1. The highest BCUT2D eigenvalue weighted by molar-refractivity contribution is 7.99. The van der Waals surface area contributed by atoms with Crippen molar-refractivity contribution in [2.75, 3.05) is 29.1 Å². The molecular formula is C19H24N4O2S2. The minimum absolute atomic E-state index is 0.284. The van der Waals surface area contributed by atoms with E-state index in [1.165, 1.54) is 41.2 Å². The van der Waals surface area contributed by atoms with E-state index in [4.69, 9.17) is 11.5 Å². The van der Waals surface area contributed by atoms with Gasteiger partial charge in [0.2, 0.25) is 0 Å². The number of carbonyl (C=O) groups excluding carboxylic acids is 2. The monoisotopic (exact) mass is 404 g/mol. The van der Waals surface area contributed by atoms with E-state index in [1.807, 2.05) is 17.8 Å². The maximum absolute atomic E-state index is 11.8. The van der Waals surface area contributed by atoms with Crippen LogP contribution in [-0.4, -0.2) is 30.8 Å². The Kier molecular flexibility index (Phi) is 6.28. The van der Waals surface area contributed by atoms with Crippen LogP contribution < -0.4 is 21.7 Å². The molecule has 0 unspecified atom stereocenters. The number of primary amides is 2. The number of anilines is 2. The Bertz CT molecular complexity index is 844. The van der Waals surface area contributed by atoms with Gasteiger partial charge in [-0.2, -0.15) is 0 Å². The van der Waals surface area contributed by atoms with E-state index in [-0.39, 0.29) is 5.56 Å². The van der Waals surface area contributed by atoms with Crippen LogP contribution in [0, 0.1) is 0 Å². The van der Waals surface area contributed by atoms with Crippen LogP contribution in [0.25, 0.3) is 10.4 Å².